The van der Waals surface area contributed by atoms with Gasteiger partial charge in [-0.25, -0.2) is 19.2 Å². The normalized spacial score (nSPS) is 11.0. The van der Waals surface area contributed by atoms with Gasteiger partial charge in [0.25, 0.3) is 5.56 Å². The Balaban J connectivity index is 1.31. The van der Waals surface area contributed by atoms with E-state index in [-0.39, 0.29) is 11.5 Å². The molecular formula is C24H27FN8O2. The molecule has 0 fully saturated rings. The molecule has 11 heteroatoms. The summed E-state index contributed by atoms with van der Waals surface area (Å²) in [5.41, 5.74) is 7.83. The third-order valence-corrected chi connectivity index (χ3v) is 5.35. The van der Waals surface area contributed by atoms with E-state index in [9.17, 15) is 14.0 Å². The first-order chi connectivity index (χ1) is 17.0. The highest BCUT2D eigenvalue weighted by molar-refractivity contribution is 5.87. The first-order valence-corrected chi connectivity index (χ1v) is 11.3. The van der Waals surface area contributed by atoms with Crippen molar-refractivity contribution in [2.75, 3.05) is 25.0 Å². The highest BCUT2D eigenvalue weighted by atomic mass is 19.1. The van der Waals surface area contributed by atoms with Crippen LogP contribution in [0.1, 0.15) is 17.8 Å². The molecule has 0 saturated carbocycles. The summed E-state index contributed by atoms with van der Waals surface area (Å²) in [6.45, 7) is 1.97. The molecule has 2 amide bonds. The molecule has 0 bridgehead atoms. The average molecular weight is 479 g/mol. The molecule has 0 saturated heterocycles. The van der Waals surface area contributed by atoms with E-state index >= 15 is 0 Å². The summed E-state index contributed by atoms with van der Waals surface area (Å²) >= 11 is 0. The monoisotopic (exact) mass is 478 g/mol. The third-order valence-electron chi connectivity index (χ3n) is 5.35. The number of amides is 2. The maximum Gasteiger partial charge on any atom is 0.321 e. The van der Waals surface area contributed by atoms with Crippen LogP contribution in [0.25, 0.3) is 22.2 Å². The molecule has 182 valence electrons. The van der Waals surface area contributed by atoms with Crippen molar-refractivity contribution in [1.82, 2.24) is 30.6 Å². The number of nitrogens with zero attached hydrogens (tertiary/aromatic N) is 2. The largest absolute Gasteiger partial charge is 0.342 e. The smallest absolute Gasteiger partial charge is 0.321 e. The van der Waals surface area contributed by atoms with Crippen molar-refractivity contribution in [3.8, 4) is 11.1 Å². The van der Waals surface area contributed by atoms with Crippen molar-refractivity contribution in [3.63, 3.8) is 0 Å². The number of imidazole rings is 1. The van der Waals surface area contributed by atoms with Gasteiger partial charge < -0.3 is 21.4 Å². The van der Waals surface area contributed by atoms with E-state index in [1.165, 1.54) is 12.3 Å². The SMILES string of the molecule is NCCCNCc1ccc(-c2cnc(NC(=O)NCCc3nc4ccccc4[nH]3)[nH]c2=O)cc1F. The van der Waals surface area contributed by atoms with E-state index in [0.29, 0.717) is 43.7 Å². The molecule has 2 heterocycles. The van der Waals surface area contributed by atoms with Crippen LogP contribution in [0.5, 0.6) is 0 Å². The van der Waals surface area contributed by atoms with E-state index in [2.05, 4.69) is 35.9 Å². The van der Waals surface area contributed by atoms with Gasteiger partial charge in [0.1, 0.15) is 11.6 Å². The summed E-state index contributed by atoms with van der Waals surface area (Å²) in [5, 5.41) is 8.30. The van der Waals surface area contributed by atoms with Gasteiger partial charge in [-0.2, -0.15) is 0 Å². The summed E-state index contributed by atoms with van der Waals surface area (Å²) in [5.74, 6) is 0.321. The van der Waals surface area contributed by atoms with Gasteiger partial charge in [0, 0.05) is 31.3 Å². The standard InChI is InChI=1S/C24H27FN8O2/c25-18-12-15(6-7-16(18)13-27-10-3-9-26)17-14-29-23(32-22(17)34)33-24(35)28-11-8-21-30-19-4-1-2-5-20(19)31-21/h1-2,4-7,12,14,27H,3,8-11,13,26H2,(H,30,31)(H3,28,29,32,33,34,35). The first kappa shape index (κ1) is 24.0. The Labute approximate surface area is 200 Å². The number of urea groups is 1. The van der Waals surface area contributed by atoms with Gasteiger partial charge in [-0.1, -0.05) is 24.3 Å². The molecule has 2 aromatic heterocycles. The van der Waals surface area contributed by atoms with Gasteiger partial charge >= 0.3 is 6.03 Å². The number of H-pyrrole nitrogens is 2. The zero-order valence-electron chi connectivity index (χ0n) is 19.0. The third kappa shape index (κ3) is 6.28. The van der Waals surface area contributed by atoms with Gasteiger partial charge in [-0.15, -0.1) is 0 Å². The molecule has 2 aromatic carbocycles. The highest BCUT2D eigenvalue weighted by Crippen LogP contribution is 2.19. The van der Waals surface area contributed by atoms with Crippen molar-refractivity contribution >= 4 is 23.0 Å². The Kier molecular flexibility index (Phi) is 7.81. The fraction of sp³-hybridized carbons (Fsp3) is 0.250. The lowest BCUT2D eigenvalue weighted by atomic mass is 10.1. The molecule has 35 heavy (non-hydrogen) atoms. The lowest BCUT2D eigenvalue weighted by Gasteiger charge is -2.09. The molecule has 4 rings (SSSR count). The minimum atomic E-state index is -0.519. The fourth-order valence-corrected chi connectivity index (χ4v) is 3.54. The zero-order chi connectivity index (χ0) is 24.6. The molecule has 0 unspecified atom stereocenters. The van der Waals surface area contributed by atoms with E-state index in [0.717, 1.165) is 23.3 Å². The van der Waals surface area contributed by atoms with Crippen LogP contribution >= 0.6 is 0 Å². The maximum atomic E-state index is 14.5. The van der Waals surface area contributed by atoms with E-state index in [4.69, 9.17) is 5.73 Å². The number of carbonyl (C=O) groups excluding carboxylic acids is 1. The van der Waals surface area contributed by atoms with E-state index < -0.39 is 17.4 Å². The summed E-state index contributed by atoms with van der Waals surface area (Å²) in [7, 11) is 0. The second-order valence-electron chi connectivity index (χ2n) is 7.93. The number of aromatic nitrogens is 4. The minimum Gasteiger partial charge on any atom is -0.342 e. The summed E-state index contributed by atoms with van der Waals surface area (Å²) in [6.07, 6.45) is 2.62. The fourth-order valence-electron chi connectivity index (χ4n) is 3.54. The van der Waals surface area contributed by atoms with Crippen LogP contribution in [-0.2, 0) is 13.0 Å². The number of aromatic amines is 2. The van der Waals surface area contributed by atoms with Crippen LogP contribution in [0.2, 0.25) is 0 Å². The predicted octanol–water partition coefficient (Wildman–Crippen LogP) is 2.25. The van der Waals surface area contributed by atoms with Gasteiger partial charge in [0.05, 0.1) is 16.6 Å². The number of hydrogen-bond donors (Lipinski definition) is 6. The molecular weight excluding hydrogens is 451 g/mol. The summed E-state index contributed by atoms with van der Waals surface area (Å²) in [6, 6.07) is 11.7. The van der Waals surface area contributed by atoms with Crippen LogP contribution in [0.15, 0.2) is 53.5 Å². The van der Waals surface area contributed by atoms with E-state index in [1.807, 2.05) is 24.3 Å². The molecule has 0 aliphatic rings. The molecule has 0 radical (unpaired) electrons. The number of nitrogens with one attached hydrogen (secondary N) is 5. The number of anilines is 1. The Morgan fingerprint density at radius 1 is 1.11 bits per heavy atom. The van der Waals surface area contributed by atoms with Gasteiger partial charge in [0.15, 0.2) is 0 Å². The number of hydrogen-bond acceptors (Lipinski definition) is 6. The van der Waals surface area contributed by atoms with Crippen molar-refractivity contribution in [3.05, 3.63) is 76.2 Å². The number of para-hydroxylation sites is 2. The van der Waals surface area contributed by atoms with Crippen molar-refractivity contribution in [1.29, 1.82) is 0 Å². The van der Waals surface area contributed by atoms with Gasteiger partial charge in [-0.3, -0.25) is 15.1 Å². The molecule has 10 nitrogen and oxygen atoms in total. The summed E-state index contributed by atoms with van der Waals surface area (Å²) < 4.78 is 14.5. The Morgan fingerprint density at radius 3 is 2.74 bits per heavy atom. The second kappa shape index (κ2) is 11.4. The molecule has 7 N–H and O–H groups in total. The number of halogens is 1. The Morgan fingerprint density at radius 2 is 1.97 bits per heavy atom. The first-order valence-electron chi connectivity index (χ1n) is 11.3. The quantitative estimate of drug-likeness (QED) is 0.192. The van der Waals surface area contributed by atoms with Gasteiger partial charge in [0.2, 0.25) is 5.95 Å². The van der Waals surface area contributed by atoms with Crippen molar-refractivity contribution < 1.29 is 9.18 Å². The Hall–Kier alpha value is -4.09. The number of carbonyl (C=O) groups is 1. The van der Waals surface area contributed by atoms with Crippen molar-refractivity contribution in [2.24, 2.45) is 5.73 Å². The Bertz CT molecular complexity index is 1330. The molecule has 0 aliphatic heterocycles. The van der Waals surface area contributed by atoms with E-state index in [1.54, 1.807) is 12.1 Å². The second-order valence-corrected chi connectivity index (χ2v) is 7.93. The van der Waals surface area contributed by atoms with Crippen LogP contribution < -0.4 is 27.2 Å². The lowest BCUT2D eigenvalue weighted by Crippen LogP contribution is -2.32. The van der Waals surface area contributed by atoms with Crippen LogP contribution in [0, 0.1) is 5.82 Å². The zero-order valence-corrected chi connectivity index (χ0v) is 19.0. The van der Waals surface area contributed by atoms with Crippen LogP contribution in [0.3, 0.4) is 0 Å². The maximum absolute atomic E-state index is 14.5. The number of benzene rings is 2. The molecule has 4 aromatic rings. The minimum absolute atomic E-state index is 0.0128. The number of fused-ring (bicyclic) bond motifs is 1. The highest BCUT2D eigenvalue weighted by Gasteiger charge is 2.11. The lowest BCUT2D eigenvalue weighted by molar-refractivity contribution is 0.252. The van der Waals surface area contributed by atoms with Crippen molar-refractivity contribution in [2.45, 2.75) is 19.4 Å². The average Bonchev–Trinajstić information content (AvgIpc) is 3.25. The van der Waals surface area contributed by atoms with Crippen LogP contribution in [-0.4, -0.2) is 45.6 Å². The molecule has 0 spiro atoms. The number of rotatable bonds is 10. The summed E-state index contributed by atoms with van der Waals surface area (Å²) in [4.78, 5) is 38.9. The number of nitrogens with two attached hydrogens (primary N) is 1. The topological polar surface area (TPSA) is 154 Å². The molecule has 0 atom stereocenters. The van der Waals surface area contributed by atoms with Crippen LogP contribution in [0.4, 0.5) is 15.1 Å². The molecule has 0 aliphatic carbocycles. The predicted molar refractivity (Wildman–Crippen MR) is 132 cm³/mol. The van der Waals surface area contributed by atoms with Gasteiger partial charge in [-0.05, 0) is 43.3 Å².